The van der Waals surface area contributed by atoms with Gasteiger partial charge in [0.05, 0.1) is 16.6 Å². The summed E-state index contributed by atoms with van der Waals surface area (Å²) in [6, 6.07) is 9.21. The lowest BCUT2D eigenvalue weighted by atomic mass is 9.70. The number of benzene rings is 1. The number of carbonyl (C=O) groups excluding carboxylic acids is 3. The predicted molar refractivity (Wildman–Crippen MR) is 146 cm³/mol. The molecule has 3 heterocycles. The van der Waals surface area contributed by atoms with E-state index in [-0.39, 0.29) is 34.4 Å². The number of hydrogen-bond acceptors (Lipinski definition) is 5. The number of nitrogens with one attached hydrogen (secondary N) is 2. The quantitative estimate of drug-likeness (QED) is 0.246. The van der Waals surface area contributed by atoms with Gasteiger partial charge in [-0.1, -0.05) is 72.4 Å². The molecule has 3 unspecified atom stereocenters. The van der Waals surface area contributed by atoms with Crippen molar-refractivity contribution >= 4 is 45.4 Å². The van der Waals surface area contributed by atoms with E-state index in [1.54, 1.807) is 16.7 Å². The molecule has 1 spiro atoms. The third-order valence-corrected chi connectivity index (χ3v) is 11.0. The van der Waals surface area contributed by atoms with Crippen molar-refractivity contribution in [1.29, 1.82) is 0 Å². The number of alkyl halides is 1. The summed E-state index contributed by atoms with van der Waals surface area (Å²) in [7, 11) is 0. The summed E-state index contributed by atoms with van der Waals surface area (Å²) < 4.78 is -0.591. The molecule has 2 bridgehead atoms. The van der Waals surface area contributed by atoms with E-state index in [4.69, 9.17) is 5.11 Å². The molecule has 0 aliphatic carbocycles. The van der Waals surface area contributed by atoms with Crippen molar-refractivity contribution in [1.82, 2.24) is 15.5 Å². The third kappa shape index (κ3) is 5.34. The molecule has 3 N–H and O–H groups in total. The van der Waals surface area contributed by atoms with Crippen LogP contribution in [0.25, 0.3) is 0 Å². The van der Waals surface area contributed by atoms with Gasteiger partial charge in [0.25, 0.3) is 0 Å². The van der Waals surface area contributed by atoms with Crippen LogP contribution in [0.1, 0.15) is 57.4 Å². The molecule has 0 radical (unpaired) electrons. The molecule has 1 aromatic rings. The van der Waals surface area contributed by atoms with Gasteiger partial charge in [-0.15, -0.1) is 11.8 Å². The summed E-state index contributed by atoms with van der Waals surface area (Å²) in [4.78, 5) is 42.9. The summed E-state index contributed by atoms with van der Waals surface area (Å²) in [5, 5.41) is 15.2. The molecule has 198 valence electrons. The number of halogens is 1. The Labute approximate surface area is 226 Å². The third-order valence-electron chi connectivity index (χ3n) is 7.79. The number of aliphatic hydroxyl groups excluding tert-OH is 1. The van der Waals surface area contributed by atoms with E-state index in [9.17, 15) is 14.4 Å². The van der Waals surface area contributed by atoms with Crippen LogP contribution >= 0.6 is 27.7 Å². The molecule has 3 aliphatic heterocycles. The Morgan fingerprint density at radius 3 is 2.58 bits per heavy atom. The Hall–Kier alpha value is -1.58. The van der Waals surface area contributed by atoms with Gasteiger partial charge in [0.2, 0.25) is 17.7 Å². The van der Waals surface area contributed by atoms with Crippen LogP contribution in [0.2, 0.25) is 0 Å². The van der Waals surface area contributed by atoms with Gasteiger partial charge < -0.3 is 20.6 Å². The van der Waals surface area contributed by atoms with Crippen molar-refractivity contribution in [2.24, 2.45) is 11.8 Å². The van der Waals surface area contributed by atoms with E-state index in [2.05, 4.69) is 33.5 Å². The average Bonchev–Trinajstić information content (AvgIpc) is 3.46. The van der Waals surface area contributed by atoms with Crippen molar-refractivity contribution in [3.8, 4) is 0 Å². The van der Waals surface area contributed by atoms with Gasteiger partial charge in [-0.05, 0) is 31.2 Å². The molecule has 1 aromatic carbocycles. The number of thioether (sulfide) groups is 1. The van der Waals surface area contributed by atoms with Gasteiger partial charge >= 0.3 is 0 Å². The molecule has 3 aliphatic rings. The van der Waals surface area contributed by atoms with Gasteiger partial charge in [0, 0.05) is 36.3 Å². The molecule has 0 aromatic heterocycles. The van der Waals surface area contributed by atoms with Crippen LogP contribution < -0.4 is 10.6 Å². The van der Waals surface area contributed by atoms with Crippen LogP contribution in [0.3, 0.4) is 0 Å². The fraction of sp³-hybridized carbons (Fsp3) is 0.667. The van der Waals surface area contributed by atoms with Crippen LogP contribution in [0.5, 0.6) is 0 Å². The molecule has 3 saturated heterocycles. The summed E-state index contributed by atoms with van der Waals surface area (Å²) >= 11 is 5.49. The van der Waals surface area contributed by atoms with Crippen molar-refractivity contribution < 1.29 is 19.5 Å². The van der Waals surface area contributed by atoms with E-state index < -0.39 is 22.6 Å². The number of likely N-dealkylation sites (tertiary alicyclic amines) is 1. The van der Waals surface area contributed by atoms with E-state index >= 15 is 0 Å². The highest BCUT2D eigenvalue weighted by molar-refractivity contribution is 9.09. The zero-order chi connectivity index (χ0) is 25.7. The number of carbonyl (C=O) groups is 3. The highest BCUT2D eigenvalue weighted by Gasteiger charge is 2.75. The highest BCUT2D eigenvalue weighted by atomic mass is 79.9. The Balaban J connectivity index is 1.55. The minimum atomic E-state index is -0.591. The monoisotopic (exact) mass is 579 g/mol. The molecular weight excluding hydrogens is 542 g/mol. The maximum Gasteiger partial charge on any atom is 0.244 e. The maximum absolute atomic E-state index is 13.9. The standard InChI is InChI=1S/C27H38BrN3O4S/c1-2-3-13-29-25(34)23-27-16-19(28)22(36-27)20(24(33)30-17-18-11-7-6-8-12-18)21(27)26(35)31(23)14-9-4-5-10-15-32/h6-8,11-12,19-23,32H,2-5,9-10,13-17H2,1H3,(H,29,34)(H,30,33)/t19?,20-,21+,22-,23?,27?/m1/s1. The zero-order valence-electron chi connectivity index (χ0n) is 21.0. The summed E-state index contributed by atoms with van der Waals surface area (Å²) in [5.41, 5.74) is 1.02. The van der Waals surface area contributed by atoms with Crippen molar-refractivity contribution in [3.63, 3.8) is 0 Å². The SMILES string of the molecule is CCCCNC(=O)C1N(CCCCCCO)C(=O)[C@@H]2[C@@H](C(=O)NCc3ccccc3)[C@@H]3SC12CC3Br. The molecule has 3 fully saturated rings. The van der Waals surface area contributed by atoms with Crippen molar-refractivity contribution in [2.75, 3.05) is 19.7 Å². The molecule has 7 nitrogen and oxygen atoms in total. The fourth-order valence-corrected chi connectivity index (χ4v) is 9.72. The van der Waals surface area contributed by atoms with Crippen molar-refractivity contribution in [2.45, 2.75) is 79.3 Å². The minimum Gasteiger partial charge on any atom is -0.396 e. The molecule has 4 rings (SSSR count). The Kier molecular flexibility index (Phi) is 9.39. The molecule has 9 heteroatoms. The zero-order valence-corrected chi connectivity index (χ0v) is 23.4. The lowest BCUT2D eigenvalue weighted by Gasteiger charge is -2.35. The van der Waals surface area contributed by atoms with Crippen LogP contribution in [0, 0.1) is 11.8 Å². The first-order valence-electron chi connectivity index (χ1n) is 13.3. The van der Waals surface area contributed by atoms with E-state index in [0.29, 0.717) is 26.1 Å². The first-order valence-corrected chi connectivity index (χ1v) is 15.1. The fourth-order valence-electron chi connectivity index (χ4n) is 6.11. The summed E-state index contributed by atoms with van der Waals surface area (Å²) in [6.07, 6.45) is 5.89. The van der Waals surface area contributed by atoms with Gasteiger partial charge in [-0.3, -0.25) is 14.4 Å². The highest BCUT2D eigenvalue weighted by Crippen LogP contribution is 2.67. The van der Waals surface area contributed by atoms with Crippen LogP contribution in [0.15, 0.2) is 30.3 Å². The Morgan fingerprint density at radius 1 is 1.11 bits per heavy atom. The number of fused-ring (bicyclic) bond motifs is 1. The number of hydrogen-bond donors (Lipinski definition) is 3. The van der Waals surface area contributed by atoms with Crippen LogP contribution in [-0.2, 0) is 20.9 Å². The Morgan fingerprint density at radius 2 is 1.86 bits per heavy atom. The minimum absolute atomic E-state index is 0.0348. The lowest BCUT2D eigenvalue weighted by Crippen LogP contribution is -2.54. The topological polar surface area (TPSA) is 98.7 Å². The average molecular weight is 581 g/mol. The molecule has 6 atom stereocenters. The number of unbranched alkanes of at least 4 members (excludes halogenated alkanes) is 4. The van der Waals surface area contributed by atoms with Crippen LogP contribution in [-0.4, -0.2) is 68.3 Å². The number of aliphatic hydroxyl groups is 1. The largest absolute Gasteiger partial charge is 0.396 e. The predicted octanol–water partition coefficient (Wildman–Crippen LogP) is 3.24. The molecule has 3 amide bonds. The smallest absolute Gasteiger partial charge is 0.244 e. The van der Waals surface area contributed by atoms with Gasteiger partial charge in [-0.25, -0.2) is 0 Å². The maximum atomic E-state index is 13.9. The summed E-state index contributed by atoms with van der Waals surface area (Å²) in [5.74, 6) is -1.20. The number of rotatable bonds is 13. The molecule has 36 heavy (non-hydrogen) atoms. The van der Waals surface area contributed by atoms with E-state index in [1.165, 1.54) is 0 Å². The number of amides is 3. The van der Waals surface area contributed by atoms with Crippen LogP contribution in [0.4, 0.5) is 0 Å². The first kappa shape index (κ1) is 27.5. The van der Waals surface area contributed by atoms with E-state index in [0.717, 1.165) is 44.1 Å². The van der Waals surface area contributed by atoms with Gasteiger partial charge in [-0.2, -0.15) is 0 Å². The van der Waals surface area contributed by atoms with Gasteiger partial charge in [0.1, 0.15) is 6.04 Å². The van der Waals surface area contributed by atoms with E-state index in [1.807, 2.05) is 30.3 Å². The van der Waals surface area contributed by atoms with Gasteiger partial charge in [0.15, 0.2) is 0 Å². The second-order valence-electron chi connectivity index (χ2n) is 10.2. The second kappa shape index (κ2) is 12.3. The molecular formula is C27H38BrN3O4S. The first-order chi connectivity index (χ1) is 17.4. The van der Waals surface area contributed by atoms with Crippen molar-refractivity contribution in [3.05, 3.63) is 35.9 Å². The lowest BCUT2D eigenvalue weighted by molar-refractivity contribution is -0.140. The summed E-state index contributed by atoms with van der Waals surface area (Å²) in [6.45, 7) is 3.77. The normalized spacial score (nSPS) is 30.5. The molecule has 0 saturated carbocycles. The Bertz CT molecular complexity index is 935. The second-order valence-corrected chi connectivity index (χ2v) is 12.9. The number of nitrogens with zero attached hydrogens (tertiary/aromatic N) is 1.